The molecule has 1 aliphatic rings. The summed E-state index contributed by atoms with van der Waals surface area (Å²) in [6.07, 6.45) is 1.29. The van der Waals surface area contributed by atoms with Crippen molar-refractivity contribution >= 4 is 15.8 Å². The van der Waals surface area contributed by atoms with Crippen molar-refractivity contribution in [2.75, 3.05) is 18.9 Å². The Labute approximate surface area is 113 Å². The number of nitrogens with two attached hydrogens (primary N) is 1. The van der Waals surface area contributed by atoms with Crippen LogP contribution in [0.25, 0.3) is 0 Å². The van der Waals surface area contributed by atoms with E-state index in [0.717, 1.165) is 0 Å². The second kappa shape index (κ2) is 4.77. The van der Waals surface area contributed by atoms with Gasteiger partial charge < -0.3 is 10.5 Å². The van der Waals surface area contributed by atoms with E-state index in [2.05, 4.69) is 9.82 Å². The SMILES string of the molecule is Cc1c(S(=O)(=O)NC2(C)CCOCC2)c(N)nn1C. The highest BCUT2D eigenvalue weighted by Gasteiger charge is 2.35. The molecule has 1 aromatic rings. The highest BCUT2D eigenvalue weighted by Crippen LogP contribution is 2.26. The number of ether oxygens (including phenoxy) is 1. The van der Waals surface area contributed by atoms with Gasteiger partial charge in [-0.25, -0.2) is 13.1 Å². The van der Waals surface area contributed by atoms with E-state index in [1.165, 1.54) is 4.68 Å². The molecule has 0 bridgehead atoms. The van der Waals surface area contributed by atoms with E-state index in [9.17, 15) is 8.42 Å². The maximum atomic E-state index is 12.5. The Morgan fingerprint density at radius 3 is 2.47 bits per heavy atom. The molecule has 3 N–H and O–H groups in total. The van der Waals surface area contributed by atoms with Crippen LogP contribution in [-0.2, 0) is 21.8 Å². The van der Waals surface area contributed by atoms with Crippen molar-refractivity contribution in [3.63, 3.8) is 0 Å². The molecule has 1 aliphatic heterocycles. The van der Waals surface area contributed by atoms with E-state index in [0.29, 0.717) is 31.7 Å². The van der Waals surface area contributed by atoms with Crippen molar-refractivity contribution in [1.29, 1.82) is 0 Å². The first kappa shape index (κ1) is 14.3. The van der Waals surface area contributed by atoms with Crippen molar-refractivity contribution in [2.45, 2.75) is 37.1 Å². The zero-order valence-electron chi connectivity index (χ0n) is 11.4. The summed E-state index contributed by atoms with van der Waals surface area (Å²) in [5.74, 6) is 0.0307. The molecule has 19 heavy (non-hydrogen) atoms. The molecule has 0 saturated carbocycles. The summed E-state index contributed by atoms with van der Waals surface area (Å²) in [7, 11) is -2.01. The number of rotatable bonds is 3. The molecule has 2 heterocycles. The summed E-state index contributed by atoms with van der Waals surface area (Å²) in [5.41, 5.74) is 5.73. The highest BCUT2D eigenvalue weighted by atomic mass is 32.2. The Hall–Kier alpha value is -1.12. The van der Waals surface area contributed by atoms with Gasteiger partial charge in [0, 0.05) is 25.8 Å². The molecule has 0 radical (unpaired) electrons. The number of nitrogens with zero attached hydrogens (tertiary/aromatic N) is 2. The van der Waals surface area contributed by atoms with Gasteiger partial charge in [0.25, 0.3) is 0 Å². The largest absolute Gasteiger partial charge is 0.381 e. The highest BCUT2D eigenvalue weighted by molar-refractivity contribution is 7.89. The molecule has 108 valence electrons. The molecule has 0 spiro atoms. The van der Waals surface area contributed by atoms with Crippen LogP contribution in [0, 0.1) is 6.92 Å². The summed E-state index contributed by atoms with van der Waals surface area (Å²) >= 11 is 0. The van der Waals surface area contributed by atoms with Gasteiger partial charge in [-0.3, -0.25) is 4.68 Å². The van der Waals surface area contributed by atoms with Gasteiger partial charge in [0.2, 0.25) is 10.0 Å². The summed E-state index contributed by atoms with van der Waals surface area (Å²) in [5, 5.41) is 3.94. The van der Waals surface area contributed by atoms with Gasteiger partial charge in [-0.1, -0.05) is 0 Å². The predicted octanol–water partition coefficient (Wildman–Crippen LogP) is 0.158. The van der Waals surface area contributed by atoms with E-state index < -0.39 is 15.6 Å². The topological polar surface area (TPSA) is 99.2 Å². The van der Waals surface area contributed by atoms with Crippen LogP contribution in [0.4, 0.5) is 5.82 Å². The Bertz CT molecular complexity index is 573. The number of sulfonamides is 1. The Morgan fingerprint density at radius 2 is 2.00 bits per heavy atom. The maximum absolute atomic E-state index is 12.5. The second-order valence-electron chi connectivity index (χ2n) is 5.20. The molecule has 7 nitrogen and oxygen atoms in total. The average Bonchev–Trinajstić information content (AvgIpc) is 2.52. The minimum absolute atomic E-state index is 0.0307. The van der Waals surface area contributed by atoms with Crippen LogP contribution < -0.4 is 10.5 Å². The first-order valence-corrected chi connectivity index (χ1v) is 7.64. The standard InChI is InChI=1S/C11H20N4O3S/c1-8-9(10(12)13-15(8)3)19(16,17)14-11(2)4-6-18-7-5-11/h14H,4-7H2,1-3H3,(H2,12,13). The number of aromatic nitrogens is 2. The first-order chi connectivity index (χ1) is 8.75. The van der Waals surface area contributed by atoms with Gasteiger partial charge in [0.05, 0.1) is 5.69 Å². The summed E-state index contributed by atoms with van der Waals surface area (Å²) in [4.78, 5) is 0.0720. The van der Waals surface area contributed by atoms with Gasteiger partial charge in [-0.15, -0.1) is 0 Å². The van der Waals surface area contributed by atoms with Crippen LogP contribution in [-0.4, -0.2) is 37.0 Å². The fourth-order valence-electron chi connectivity index (χ4n) is 2.25. The minimum Gasteiger partial charge on any atom is -0.381 e. The molecule has 0 unspecified atom stereocenters. The van der Waals surface area contributed by atoms with Gasteiger partial charge in [-0.2, -0.15) is 5.10 Å². The number of aryl methyl sites for hydroxylation is 1. The molecule has 1 fully saturated rings. The van der Waals surface area contributed by atoms with Crippen LogP contribution >= 0.6 is 0 Å². The van der Waals surface area contributed by atoms with Crippen molar-refractivity contribution < 1.29 is 13.2 Å². The van der Waals surface area contributed by atoms with E-state index >= 15 is 0 Å². The molecule has 1 aromatic heterocycles. The van der Waals surface area contributed by atoms with Crippen molar-refractivity contribution in [2.24, 2.45) is 7.05 Å². The number of anilines is 1. The van der Waals surface area contributed by atoms with Crippen LogP contribution in [0.15, 0.2) is 4.90 Å². The monoisotopic (exact) mass is 288 g/mol. The summed E-state index contributed by atoms with van der Waals surface area (Å²) in [6, 6.07) is 0. The van der Waals surface area contributed by atoms with Crippen molar-refractivity contribution in [3.05, 3.63) is 5.69 Å². The van der Waals surface area contributed by atoms with E-state index in [4.69, 9.17) is 10.5 Å². The zero-order chi connectivity index (χ0) is 14.3. The van der Waals surface area contributed by atoms with Gasteiger partial charge in [0.1, 0.15) is 4.90 Å². The van der Waals surface area contributed by atoms with Gasteiger partial charge in [-0.05, 0) is 26.7 Å². The average molecular weight is 288 g/mol. The number of hydrogen-bond donors (Lipinski definition) is 2. The quantitative estimate of drug-likeness (QED) is 0.825. The molecule has 2 rings (SSSR count). The van der Waals surface area contributed by atoms with E-state index in [-0.39, 0.29) is 10.7 Å². The van der Waals surface area contributed by atoms with Crippen molar-refractivity contribution in [3.8, 4) is 0 Å². The zero-order valence-corrected chi connectivity index (χ0v) is 12.2. The third kappa shape index (κ3) is 2.75. The third-order valence-electron chi connectivity index (χ3n) is 3.55. The van der Waals surface area contributed by atoms with Gasteiger partial charge in [0.15, 0.2) is 5.82 Å². The second-order valence-corrected chi connectivity index (χ2v) is 6.82. The predicted molar refractivity (Wildman–Crippen MR) is 71.1 cm³/mol. The van der Waals surface area contributed by atoms with Crippen molar-refractivity contribution in [1.82, 2.24) is 14.5 Å². The fourth-order valence-corrected chi connectivity index (χ4v) is 4.04. The van der Waals surface area contributed by atoms with Crippen LogP contribution in [0.3, 0.4) is 0 Å². The van der Waals surface area contributed by atoms with Crippen LogP contribution in [0.5, 0.6) is 0 Å². The number of hydrogen-bond acceptors (Lipinski definition) is 5. The fraction of sp³-hybridized carbons (Fsp3) is 0.727. The minimum atomic E-state index is -3.67. The number of nitrogen functional groups attached to an aromatic ring is 1. The molecule has 0 aromatic carbocycles. The van der Waals surface area contributed by atoms with Crippen LogP contribution in [0.2, 0.25) is 0 Å². The normalized spacial score (nSPS) is 19.5. The van der Waals surface area contributed by atoms with E-state index in [1.54, 1.807) is 14.0 Å². The van der Waals surface area contributed by atoms with Crippen LogP contribution in [0.1, 0.15) is 25.5 Å². The molecule has 0 atom stereocenters. The first-order valence-electron chi connectivity index (χ1n) is 6.16. The molecular weight excluding hydrogens is 268 g/mol. The molecule has 1 saturated heterocycles. The lowest BCUT2D eigenvalue weighted by atomic mass is 9.94. The third-order valence-corrected chi connectivity index (χ3v) is 5.35. The van der Waals surface area contributed by atoms with E-state index in [1.807, 2.05) is 6.92 Å². The molecule has 0 amide bonds. The van der Waals surface area contributed by atoms with Gasteiger partial charge >= 0.3 is 0 Å². The summed E-state index contributed by atoms with van der Waals surface area (Å²) < 4.78 is 34.4. The maximum Gasteiger partial charge on any atom is 0.246 e. The number of nitrogens with one attached hydrogen (secondary N) is 1. The Kier molecular flexibility index (Phi) is 3.59. The Balaban J connectivity index is 2.32. The smallest absolute Gasteiger partial charge is 0.246 e. The molecule has 0 aliphatic carbocycles. The molecular formula is C11H20N4O3S. The summed E-state index contributed by atoms with van der Waals surface area (Å²) in [6.45, 7) is 4.68. The molecule has 8 heteroatoms. The lowest BCUT2D eigenvalue weighted by molar-refractivity contribution is 0.0537. The lowest BCUT2D eigenvalue weighted by Crippen LogP contribution is -2.49. The lowest BCUT2D eigenvalue weighted by Gasteiger charge is -2.33. The Morgan fingerprint density at radius 1 is 1.42 bits per heavy atom.